The van der Waals surface area contributed by atoms with E-state index in [1.807, 2.05) is 22.8 Å². The number of amides is 1. The van der Waals surface area contributed by atoms with Gasteiger partial charge in [-0.2, -0.15) is 5.26 Å². The first-order valence-corrected chi connectivity index (χ1v) is 20.0. The topological polar surface area (TPSA) is 90.1 Å². The smallest absolute Gasteiger partial charge is 0.266 e. The van der Waals surface area contributed by atoms with E-state index in [4.69, 9.17) is 28.2 Å². The lowest BCUT2D eigenvalue weighted by molar-refractivity contribution is -0.135. The van der Waals surface area contributed by atoms with Crippen LogP contribution in [0, 0.1) is 47.6 Å². The molecule has 8 nitrogen and oxygen atoms in total. The fourth-order valence-electron chi connectivity index (χ4n) is 10.3. The summed E-state index contributed by atoms with van der Waals surface area (Å²) in [6.45, 7) is 3.53. The van der Waals surface area contributed by atoms with Crippen molar-refractivity contribution in [2.75, 3.05) is 24.5 Å². The highest BCUT2D eigenvalue weighted by atomic mass is 35.5. The Hall–Kier alpha value is -4.44. The van der Waals surface area contributed by atoms with Crippen LogP contribution in [-0.4, -0.2) is 57.1 Å². The first kappa shape index (κ1) is 35.9. The molecule has 3 aromatic heterocycles. The molecule has 11 rings (SSSR count). The number of piperidine rings is 1. The van der Waals surface area contributed by atoms with Crippen molar-refractivity contribution in [3.63, 3.8) is 0 Å². The van der Waals surface area contributed by atoms with Crippen molar-refractivity contribution in [3.05, 3.63) is 86.8 Å². The Labute approximate surface area is 330 Å². The van der Waals surface area contributed by atoms with Gasteiger partial charge in [-0.1, -0.05) is 35.3 Å². The van der Waals surface area contributed by atoms with Crippen LogP contribution < -0.4 is 10.2 Å². The van der Waals surface area contributed by atoms with Crippen LogP contribution in [0.1, 0.15) is 73.1 Å². The number of nitrogens with one attached hydrogen (secondary N) is 1. The lowest BCUT2D eigenvalue weighted by atomic mass is 9.79. The largest absolute Gasteiger partial charge is 0.354 e. The molecule has 2 aliphatic carbocycles. The summed E-state index contributed by atoms with van der Waals surface area (Å²) in [6.07, 6.45) is 1.65. The first-order valence-electron chi connectivity index (χ1n) is 19.3. The standard InChI is InChI=1S/C42H37Cl2F4N7O/c1-19-26-13-32(39-23-10-24(54(39)42(56)20-7-8-20)18-53(17-23)33-14-27(41(47)48)30(45)16-51-33)55(38-22-12-31(38)50-15-22)40(26)28-11-21(4-3-9-49)34(36(46)37(28)52-19)25-5-2-6-29(43)35(25)44/h2,5-6,11,13-14,16,20,22-24,31,38-39,41,50H,3-4,7-8,10,12,15,17-18H2,1H3/t22-,23+,24-,31-,38+,39-/m1/s1. The van der Waals surface area contributed by atoms with Gasteiger partial charge in [0.1, 0.15) is 11.3 Å². The van der Waals surface area contributed by atoms with Crippen LogP contribution in [0.2, 0.25) is 10.0 Å². The minimum Gasteiger partial charge on any atom is -0.354 e. The van der Waals surface area contributed by atoms with Crippen LogP contribution in [-0.2, 0) is 11.2 Å². The molecule has 56 heavy (non-hydrogen) atoms. The zero-order valence-corrected chi connectivity index (χ0v) is 31.9. The Balaban J connectivity index is 1.19. The molecule has 6 atom stereocenters. The third-order valence-electron chi connectivity index (χ3n) is 12.9. The first-order chi connectivity index (χ1) is 27.0. The number of aryl methyl sites for hydroxylation is 2. The summed E-state index contributed by atoms with van der Waals surface area (Å²) in [5.41, 5.74) is 3.23. The highest BCUT2D eigenvalue weighted by Gasteiger charge is 2.55. The van der Waals surface area contributed by atoms with Crippen molar-refractivity contribution in [1.82, 2.24) is 24.8 Å². The van der Waals surface area contributed by atoms with Gasteiger partial charge in [-0.15, -0.1) is 0 Å². The van der Waals surface area contributed by atoms with E-state index in [9.17, 15) is 23.2 Å². The SMILES string of the molecule is Cc1nc2c(F)c(-c3cccc(Cl)c3Cl)c(CCC#N)cc2c2c1cc([C@H]1[C@H]3C[C@H](CN(c4cc(C(F)F)c(F)cn4)C3)N1C(=O)C1CC1)n2[C@H]1[C@H]2CN[C@@H]1C2. The van der Waals surface area contributed by atoms with Gasteiger partial charge in [0.15, 0.2) is 11.6 Å². The molecule has 2 aromatic carbocycles. The summed E-state index contributed by atoms with van der Waals surface area (Å²) in [7, 11) is 0. The lowest BCUT2D eigenvalue weighted by Gasteiger charge is -2.40. The molecule has 6 aliphatic rings. The number of fused-ring (bicyclic) bond motifs is 6. The van der Waals surface area contributed by atoms with Gasteiger partial charge in [0.05, 0.1) is 51.5 Å². The molecule has 6 fully saturated rings. The Morgan fingerprint density at radius 2 is 1.91 bits per heavy atom. The maximum Gasteiger partial charge on any atom is 0.266 e. The molecular formula is C42H37Cl2F4N7O. The lowest BCUT2D eigenvalue weighted by Crippen LogP contribution is -2.45. The molecule has 288 valence electrons. The number of anilines is 1. The van der Waals surface area contributed by atoms with Gasteiger partial charge in [-0.05, 0) is 74.8 Å². The summed E-state index contributed by atoms with van der Waals surface area (Å²) >= 11 is 13.1. The molecule has 14 heteroatoms. The van der Waals surface area contributed by atoms with Gasteiger partial charge in [-0.25, -0.2) is 27.5 Å². The molecule has 7 heterocycles. The number of nitrogens with zero attached hydrogens (tertiary/aromatic N) is 6. The van der Waals surface area contributed by atoms with Crippen LogP contribution in [0.4, 0.5) is 23.4 Å². The predicted molar refractivity (Wildman–Crippen MR) is 206 cm³/mol. The molecule has 2 saturated carbocycles. The Bertz CT molecular complexity index is 2500. The van der Waals surface area contributed by atoms with Crippen molar-refractivity contribution < 1.29 is 22.4 Å². The van der Waals surface area contributed by atoms with E-state index in [0.717, 1.165) is 54.7 Å². The van der Waals surface area contributed by atoms with Gasteiger partial charge in [-0.3, -0.25) is 4.79 Å². The number of nitriles is 1. The summed E-state index contributed by atoms with van der Waals surface area (Å²) in [5.74, 6) is -1.08. The molecule has 1 amide bonds. The van der Waals surface area contributed by atoms with E-state index in [2.05, 4.69) is 27.0 Å². The number of halogens is 6. The Kier molecular flexibility index (Phi) is 8.55. The summed E-state index contributed by atoms with van der Waals surface area (Å²) < 4.78 is 61.6. The molecule has 1 N–H and O–H groups in total. The highest BCUT2D eigenvalue weighted by molar-refractivity contribution is 6.43. The zero-order chi connectivity index (χ0) is 38.7. The van der Waals surface area contributed by atoms with Crippen molar-refractivity contribution in [1.29, 1.82) is 5.26 Å². The number of aromatic nitrogens is 3. The zero-order valence-electron chi connectivity index (χ0n) is 30.4. The number of hydrogen-bond acceptors (Lipinski definition) is 6. The number of likely N-dealkylation sites (tertiary alicyclic amines) is 1. The minimum atomic E-state index is -2.99. The molecule has 4 saturated heterocycles. The molecule has 0 unspecified atom stereocenters. The van der Waals surface area contributed by atoms with Gasteiger partial charge < -0.3 is 19.7 Å². The summed E-state index contributed by atoms with van der Waals surface area (Å²) in [6, 6.07) is 12.2. The maximum absolute atomic E-state index is 17.3. The molecule has 5 aromatic rings. The van der Waals surface area contributed by atoms with Crippen LogP contribution in [0.3, 0.4) is 0 Å². The number of pyridine rings is 2. The monoisotopic (exact) mass is 801 g/mol. The maximum atomic E-state index is 17.3. The van der Waals surface area contributed by atoms with Crippen LogP contribution in [0.5, 0.6) is 0 Å². The molecule has 0 radical (unpaired) electrons. The average molecular weight is 803 g/mol. The van der Waals surface area contributed by atoms with Gasteiger partial charge in [0.25, 0.3) is 6.43 Å². The normalized spacial score (nSPS) is 25.4. The Morgan fingerprint density at radius 3 is 2.62 bits per heavy atom. The van der Waals surface area contributed by atoms with Gasteiger partial charge >= 0.3 is 0 Å². The van der Waals surface area contributed by atoms with Crippen molar-refractivity contribution in [2.24, 2.45) is 17.8 Å². The quantitative estimate of drug-likeness (QED) is 0.158. The third-order valence-corrected chi connectivity index (χ3v) is 13.8. The van der Waals surface area contributed by atoms with Crippen LogP contribution in [0.15, 0.2) is 42.6 Å². The third kappa shape index (κ3) is 5.44. The highest BCUT2D eigenvalue weighted by Crippen LogP contribution is 2.54. The molecule has 4 aliphatic heterocycles. The van der Waals surface area contributed by atoms with E-state index in [1.54, 1.807) is 18.2 Å². The van der Waals surface area contributed by atoms with Crippen LogP contribution in [0.25, 0.3) is 32.9 Å². The summed E-state index contributed by atoms with van der Waals surface area (Å²) in [4.78, 5) is 27.5. The fraction of sp³-hybridized carbons (Fsp3) is 0.429. The van der Waals surface area contributed by atoms with E-state index in [-0.39, 0.29) is 81.7 Å². The summed E-state index contributed by atoms with van der Waals surface area (Å²) in [5, 5.41) is 15.3. The molecular weight excluding hydrogens is 765 g/mol. The number of benzene rings is 2. The fourth-order valence-corrected chi connectivity index (χ4v) is 10.7. The average Bonchev–Trinajstić information content (AvgIpc) is 3.46. The number of carbonyl (C=O) groups excluding carboxylic acids is 1. The number of rotatable bonds is 8. The van der Waals surface area contributed by atoms with E-state index >= 15 is 4.39 Å². The molecule has 4 bridgehead atoms. The van der Waals surface area contributed by atoms with E-state index < -0.39 is 23.6 Å². The number of alkyl halides is 2. The second-order valence-corrected chi connectivity index (χ2v) is 16.9. The van der Waals surface area contributed by atoms with E-state index in [1.165, 1.54) is 0 Å². The second kappa shape index (κ2) is 13.3. The van der Waals surface area contributed by atoms with Crippen molar-refractivity contribution in [2.45, 2.75) is 76.0 Å². The van der Waals surface area contributed by atoms with Crippen molar-refractivity contribution >= 4 is 56.7 Å². The predicted octanol–water partition coefficient (Wildman–Crippen LogP) is 9.26. The van der Waals surface area contributed by atoms with E-state index in [0.29, 0.717) is 47.6 Å². The number of carbonyl (C=O) groups is 1. The van der Waals surface area contributed by atoms with Gasteiger partial charge in [0.2, 0.25) is 5.91 Å². The van der Waals surface area contributed by atoms with Crippen LogP contribution >= 0.6 is 23.2 Å². The Morgan fingerprint density at radius 1 is 1.09 bits per heavy atom. The van der Waals surface area contributed by atoms with Crippen molar-refractivity contribution in [3.8, 4) is 17.2 Å². The number of hydrogen-bond donors (Lipinski definition) is 1. The minimum absolute atomic E-state index is 0.0435. The van der Waals surface area contributed by atoms with Gasteiger partial charge in [0, 0.05) is 77.2 Å². The molecule has 0 spiro atoms. The second-order valence-electron chi connectivity index (χ2n) is 16.2.